The highest BCUT2D eigenvalue weighted by Crippen LogP contribution is 2.02. The molecule has 1 aromatic heterocycles. The summed E-state index contributed by atoms with van der Waals surface area (Å²) >= 11 is 3.11. The zero-order valence-corrected chi connectivity index (χ0v) is 7.18. The van der Waals surface area contributed by atoms with E-state index in [1.807, 2.05) is 6.07 Å². The molecule has 1 heterocycles. The third-order valence-electron chi connectivity index (χ3n) is 1.22. The summed E-state index contributed by atoms with van der Waals surface area (Å²) in [5.74, 6) is 0. The lowest BCUT2D eigenvalue weighted by molar-refractivity contribution is 1.10. The molecule has 0 amide bonds. The topological polar surface area (TPSA) is 56.6 Å². The molecule has 1 N–H and O–H groups in total. The Kier molecular flexibility index (Phi) is 2.44. The number of hydrogen-bond donors (Lipinski definition) is 1. The maximum Gasteiger partial charge on any atom is 0.253 e. The van der Waals surface area contributed by atoms with Crippen LogP contribution < -0.4 is 5.56 Å². The molecule has 0 aromatic carbocycles. The minimum absolute atomic E-state index is 0.155. The molecule has 4 heteroatoms. The van der Waals surface area contributed by atoms with Crippen molar-refractivity contribution in [2.75, 3.05) is 0 Å². The Bertz CT molecular complexity index is 350. The van der Waals surface area contributed by atoms with Gasteiger partial charge in [0.2, 0.25) is 0 Å². The van der Waals surface area contributed by atoms with Gasteiger partial charge in [0.05, 0.1) is 17.1 Å². The predicted octanol–water partition coefficient (Wildman–Crippen LogP) is 1.20. The van der Waals surface area contributed by atoms with Crippen LogP contribution in [0.25, 0.3) is 0 Å². The number of pyridine rings is 1. The molecule has 1 rings (SSSR count). The van der Waals surface area contributed by atoms with Crippen molar-refractivity contribution >= 4 is 15.9 Å². The summed E-state index contributed by atoms with van der Waals surface area (Å²) in [4.78, 5) is 13.5. The number of H-pyrrole nitrogens is 1. The van der Waals surface area contributed by atoms with Crippen molar-refractivity contribution in [2.45, 2.75) is 6.42 Å². The minimum atomic E-state index is -0.207. The first-order chi connectivity index (χ1) is 5.24. The maximum absolute atomic E-state index is 11.0. The molecule has 0 saturated heterocycles. The predicted molar refractivity (Wildman–Crippen MR) is 44.1 cm³/mol. The van der Waals surface area contributed by atoms with E-state index in [0.717, 1.165) is 0 Å². The Balaban J connectivity index is 3.12. The summed E-state index contributed by atoms with van der Waals surface area (Å²) in [5, 5.41) is 8.30. The first kappa shape index (κ1) is 8.02. The summed E-state index contributed by atoms with van der Waals surface area (Å²) in [6, 6.07) is 5.24. The van der Waals surface area contributed by atoms with Crippen LogP contribution >= 0.6 is 15.9 Å². The molecule has 0 fully saturated rings. The minimum Gasteiger partial charge on any atom is -0.316 e. The number of aromatic amines is 1. The van der Waals surface area contributed by atoms with Crippen molar-refractivity contribution in [1.82, 2.24) is 4.98 Å². The Morgan fingerprint density at radius 2 is 2.36 bits per heavy atom. The number of aromatic nitrogens is 1. The second-order valence-corrected chi connectivity index (χ2v) is 2.85. The SMILES string of the molecule is N#CCc1ccc(Br)[nH]c1=O. The lowest BCUT2D eigenvalue weighted by Crippen LogP contribution is -2.11. The first-order valence-corrected chi connectivity index (χ1v) is 3.78. The standard InChI is InChI=1S/C7H5BrN2O/c8-6-2-1-5(3-4-9)7(11)10-6/h1-2H,3H2,(H,10,11). The Morgan fingerprint density at radius 1 is 1.64 bits per heavy atom. The molecule has 0 bridgehead atoms. The smallest absolute Gasteiger partial charge is 0.253 e. The first-order valence-electron chi connectivity index (χ1n) is 2.98. The summed E-state index contributed by atoms with van der Waals surface area (Å²) in [6.07, 6.45) is 0.155. The molecule has 0 aliphatic carbocycles. The van der Waals surface area contributed by atoms with Gasteiger partial charge >= 0.3 is 0 Å². The molecular formula is C7H5BrN2O. The van der Waals surface area contributed by atoms with E-state index >= 15 is 0 Å². The van der Waals surface area contributed by atoms with Gasteiger partial charge in [0, 0.05) is 5.56 Å². The highest BCUT2D eigenvalue weighted by Gasteiger charge is 1.97. The van der Waals surface area contributed by atoms with Gasteiger partial charge in [-0.05, 0) is 28.1 Å². The number of nitrogens with one attached hydrogen (secondary N) is 1. The van der Waals surface area contributed by atoms with Gasteiger partial charge < -0.3 is 4.98 Å². The summed E-state index contributed by atoms with van der Waals surface area (Å²) in [6.45, 7) is 0. The lowest BCUT2D eigenvalue weighted by Gasteiger charge is -1.92. The third kappa shape index (κ3) is 1.92. The molecule has 0 aliphatic heterocycles. The van der Waals surface area contributed by atoms with Gasteiger partial charge in [0.1, 0.15) is 0 Å². The lowest BCUT2D eigenvalue weighted by atomic mass is 10.2. The summed E-state index contributed by atoms with van der Waals surface area (Å²) < 4.78 is 0.629. The molecule has 0 unspecified atom stereocenters. The van der Waals surface area contributed by atoms with E-state index in [1.54, 1.807) is 12.1 Å². The van der Waals surface area contributed by atoms with Crippen LogP contribution in [0, 0.1) is 11.3 Å². The van der Waals surface area contributed by atoms with Gasteiger partial charge in [0.15, 0.2) is 0 Å². The van der Waals surface area contributed by atoms with Crippen LogP contribution in [0.5, 0.6) is 0 Å². The Labute approximate surface area is 71.8 Å². The van der Waals surface area contributed by atoms with Crippen LogP contribution in [0.2, 0.25) is 0 Å². The molecule has 0 saturated carbocycles. The molecule has 0 aliphatic rings. The van der Waals surface area contributed by atoms with Crippen molar-refractivity contribution < 1.29 is 0 Å². The van der Waals surface area contributed by atoms with Crippen LogP contribution in [0.4, 0.5) is 0 Å². The van der Waals surface area contributed by atoms with E-state index in [-0.39, 0.29) is 12.0 Å². The van der Waals surface area contributed by atoms with Crippen LogP contribution in [-0.2, 0) is 6.42 Å². The molecule has 0 atom stereocenters. The van der Waals surface area contributed by atoms with E-state index in [2.05, 4.69) is 20.9 Å². The van der Waals surface area contributed by atoms with Crippen molar-refractivity contribution in [2.24, 2.45) is 0 Å². The van der Waals surface area contributed by atoms with Crippen molar-refractivity contribution in [1.29, 1.82) is 5.26 Å². The highest BCUT2D eigenvalue weighted by molar-refractivity contribution is 9.10. The van der Waals surface area contributed by atoms with Crippen LogP contribution in [0.3, 0.4) is 0 Å². The van der Waals surface area contributed by atoms with E-state index in [9.17, 15) is 4.79 Å². The third-order valence-corrected chi connectivity index (χ3v) is 1.69. The molecule has 56 valence electrons. The second-order valence-electron chi connectivity index (χ2n) is 2.00. The van der Waals surface area contributed by atoms with Gasteiger partial charge in [0.25, 0.3) is 5.56 Å². The van der Waals surface area contributed by atoms with E-state index < -0.39 is 0 Å². The van der Waals surface area contributed by atoms with E-state index in [4.69, 9.17) is 5.26 Å². The van der Waals surface area contributed by atoms with Crippen LogP contribution in [0.1, 0.15) is 5.56 Å². The molecule has 0 radical (unpaired) electrons. The normalized spacial score (nSPS) is 9.09. The fraction of sp³-hybridized carbons (Fsp3) is 0.143. The monoisotopic (exact) mass is 212 g/mol. The molecule has 1 aromatic rings. The fourth-order valence-corrected chi connectivity index (χ4v) is 1.02. The number of hydrogen-bond acceptors (Lipinski definition) is 2. The van der Waals surface area contributed by atoms with Gasteiger partial charge in [-0.3, -0.25) is 4.79 Å². The van der Waals surface area contributed by atoms with Crippen LogP contribution in [-0.4, -0.2) is 4.98 Å². The van der Waals surface area contributed by atoms with Gasteiger partial charge in [-0.1, -0.05) is 0 Å². The van der Waals surface area contributed by atoms with E-state index in [1.165, 1.54) is 0 Å². The quantitative estimate of drug-likeness (QED) is 0.712. The van der Waals surface area contributed by atoms with Gasteiger partial charge in [-0.15, -0.1) is 0 Å². The largest absolute Gasteiger partial charge is 0.316 e. The number of nitrogens with zero attached hydrogens (tertiary/aromatic N) is 1. The van der Waals surface area contributed by atoms with Crippen LogP contribution in [0.15, 0.2) is 21.5 Å². The Morgan fingerprint density at radius 3 is 2.91 bits per heavy atom. The average Bonchev–Trinajstić information content (AvgIpc) is 1.95. The van der Waals surface area contributed by atoms with Crippen molar-refractivity contribution in [3.05, 3.63) is 32.7 Å². The molecule has 11 heavy (non-hydrogen) atoms. The van der Waals surface area contributed by atoms with E-state index in [0.29, 0.717) is 10.2 Å². The van der Waals surface area contributed by atoms with Crippen molar-refractivity contribution in [3.63, 3.8) is 0 Å². The Hall–Kier alpha value is -1.08. The second kappa shape index (κ2) is 3.35. The maximum atomic E-state index is 11.0. The zero-order chi connectivity index (χ0) is 8.27. The fourth-order valence-electron chi connectivity index (χ4n) is 0.704. The zero-order valence-electron chi connectivity index (χ0n) is 5.60. The number of nitriles is 1. The average molecular weight is 213 g/mol. The highest BCUT2D eigenvalue weighted by atomic mass is 79.9. The molecule has 0 spiro atoms. The number of rotatable bonds is 1. The molecular weight excluding hydrogens is 208 g/mol. The van der Waals surface area contributed by atoms with Crippen molar-refractivity contribution in [3.8, 4) is 6.07 Å². The summed E-state index contributed by atoms with van der Waals surface area (Å²) in [5.41, 5.74) is 0.289. The number of halogens is 1. The molecule has 3 nitrogen and oxygen atoms in total. The van der Waals surface area contributed by atoms with Gasteiger partial charge in [-0.2, -0.15) is 5.26 Å². The van der Waals surface area contributed by atoms with Gasteiger partial charge in [-0.25, -0.2) is 0 Å². The summed E-state index contributed by atoms with van der Waals surface area (Å²) in [7, 11) is 0.